The van der Waals surface area contributed by atoms with E-state index in [0.29, 0.717) is 37.9 Å². The molecule has 0 bridgehead atoms. The first-order valence-electron chi connectivity index (χ1n) is 7.98. The second kappa shape index (κ2) is 7.26. The highest BCUT2D eigenvalue weighted by Gasteiger charge is 2.38. The fourth-order valence-electron chi connectivity index (χ4n) is 2.81. The molecule has 0 atom stereocenters. The molecule has 0 unspecified atom stereocenters. The van der Waals surface area contributed by atoms with Gasteiger partial charge in [0.15, 0.2) is 0 Å². The predicted octanol–water partition coefficient (Wildman–Crippen LogP) is 4.51. The van der Waals surface area contributed by atoms with Crippen LogP contribution in [0, 0.1) is 26.1 Å². The van der Waals surface area contributed by atoms with Crippen LogP contribution in [-0.2, 0) is 11.2 Å². The number of halogens is 2. The Morgan fingerprint density at radius 1 is 1.42 bits per heavy atom. The zero-order valence-electron chi connectivity index (χ0n) is 14.2. The van der Waals surface area contributed by atoms with Crippen molar-refractivity contribution in [3.63, 3.8) is 0 Å². The fraction of sp³-hybridized carbons (Fsp3) is 0.556. The second-order valence-corrected chi connectivity index (χ2v) is 8.40. The Hall–Kier alpha value is -1.36. The average molecular weight is 444 g/mol. The van der Waals surface area contributed by atoms with Gasteiger partial charge in [0.2, 0.25) is 0 Å². The van der Waals surface area contributed by atoms with Crippen LogP contribution in [0.5, 0.6) is 0 Å². The maximum Gasteiger partial charge on any atom is 0.410 e. The van der Waals surface area contributed by atoms with Gasteiger partial charge in [-0.25, -0.2) is 9.18 Å². The molecule has 4 nitrogen and oxygen atoms in total. The number of carbonyl (C=O) groups excluding carboxylic acids is 1. The number of nitrogens with zero attached hydrogens (tertiary/aromatic N) is 2. The van der Waals surface area contributed by atoms with E-state index < -0.39 is 11.0 Å². The molecular formula is C18H22FIN2O2. The van der Waals surface area contributed by atoms with Crippen molar-refractivity contribution in [2.75, 3.05) is 13.1 Å². The molecule has 2 rings (SSSR count). The number of hydrogen-bond acceptors (Lipinski definition) is 3. The van der Waals surface area contributed by atoms with E-state index in [9.17, 15) is 14.4 Å². The van der Waals surface area contributed by atoms with Crippen molar-refractivity contribution in [3.8, 4) is 6.07 Å². The molecule has 1 aromatic rings. The van der Waals surface area contributed by atoms with Crippen molar-refractivity contribution >= 4 is 28.7 Å². The maximum absolute atomic E-state index is 14.1. The summed E-state index contributed by atoms with van der Waals surface area (Å²) in [5, 5.41) is 9.69. The van der Waals surface area contributed by atoms with Crippen molar-refractivity contribution in [2.45, 2.75) is 45.6 Å². The van der Waals surface area contributed by atoms with Crippen LogP contribution in [0.1, 0.15) is 39.2 Å². The summed E-state index contributed by atoms with van der Waals surface area (Å²) in [6.45, 7) is 6.39. The van der Waals surface area contributed by atoms with Crippen molar-refractivity contribution < 1.29 is 13.9 Å². The lowest BCUT2D eigenvalue weighted by Gasteiger charge is -2.38. The van der Waals surface area contributed by atoms with E-state index in [1.165, 1.54) is 6.07 Å². The summed E-state index contributed by atoms with van der Waals surface area (Å²) in [7, 11) is 0. The van der Waals surface area contributed by atoms with E-state index in [-0.39, 0.29) is 11.9 Å². The summed E-state index contributed by atoms with van der Waals surface area (Å²) in [6.07, 6.45) is 1.06. The van der Waals surface area contributed by atoms with E-state index in [0.717, 1.165) is 3.57 Å². The molecule has 6 heteroatoms. The molecular weight excluding hydrogens is 422 g/mol. The SMILES string of the molecule is CC(C)(C)OC(=O)N1CCC(C#N)(Cc2c(F)cccc2I)CC1. The number of hydrogen-bond donors (Lipinski definition) is 0. The number of amides is 1. The first kappa shape index (κ1) is 19.0. The fourth-order valence-corrected chi connectivity index (χ4v) is 3.47. The number of piperidine rings is 1. The molecule has 1 amide bonds. The highest BCUT2D eigenvalue weighted by molar-refractivity contribution is 14.1. The molecule has 1 heterocycles. The molecule has 0 radical (unpaired) electrons. The molecule has 1 aliphatic rings. The molecule has 1 saturated heterocycles. The van der Waals surface area contributed by atoms with Crippen molar-refractivity contribution in [2.24, 2.45) is 5.41 Å². The van der Waals surface area contributed by atoms with Crippen molar-refractivity contribution in [1.29, 1.82) is 5.26 Å². The van der Waals surface area contributed by atoms with Crippen molar-refractivity contribution in [3.05, 3.63) is 33.1 Å². The molecule has 1 fully saturated rings. The minimum absolute atomic E-state index is 0.272. The summed E-state index contributed by atoms with van der Waals surface area (Å²) in [4.78, 5) is 13.8. The third-order valence-electron chi connectivity index (χ3n) is 4.19. The van der Waals surface area contributed by atoms with Gasteiger partial charge in [-0.15, -0.1) is 0 Å². The third kappa shape index (κ3) is 4.59. The number of rotatable bonds is 2. The van der Waals surface area contributed by atoms with Gasteiger partial charge >= 0.3 is 6.09 Å². The molecule has 1 aromatic carbocycles. The number of ether oxygens (including phenoxy) is 1. The zero-order chi connectivity index (χ0) is 18.0. The van der Waals surface area contributed by atoms with Gasteiger partial charge in [-0.3, -0.25) is 0 Å². The monoisotopic (exact) mass is 444 g/mol. The average Bonchev–Trinajstić information content (AvgIpc) is 2.50. The molecule has 0 aromatic heterocycles. The molecule has 0 N–H and O–H groups in total. The van der Waals surface area contributed by atoms with Gasteiger partial charge in [0, 0.05) is 22.2 Å². The lowest BCUT2D eigenvalue weighted by atomic mass is 9.75. The Labute approximate surface area is 156 Å². The predicted molar refractivity (Wildman–Crippen MR) is 97.9 cm³/mol. The van der Waals surface area contributed by atoms with Gasteiger partial charge < -0.3 is 9.64 Å². The molecule has 0 spiro atoms. The minimum atomic E-state index is -0.638. The van der Waals surface area contributed by atoms with E-state index in [4.69, 9.17) is 4.74 Å². The highest BCUT2D eigenvalue weighted by Crippen LogP contribution is 2.36. The molecule has 1 aliphatic heterocycles. The summed E-state index contributed by atoms with van der Waals surface area (Å²) in [5.41, 5.74) is -0.588. The third-order valence-corrected chi connectivity index (χ3v) is 5.20. The van der Waals surface area contributed by atoms with Crippen LogP contribution in [0.4, 0.5) is 9.18 Å². The van der Waals surface area contributed by atoms with E-state index in [1.807, 2.05) is 26.8 Å². The van der Waals surface area contributed by atoms with Crippen LogP contribution in [-0.4, -0.2) is 29.7 Å². The van der Waals surface area contributed by atoms with Gasteiger partial charge in [0.05, 0.1) is 11.5 Å². The van der Waals surface area contributed by atoms with Crippen LogP contribution in [0.25, 0.3) is 0 Å². The van der Waals surface area contributed by atoms with E-state index >= 15 is 0 Å². The maximum atomic E-state index is 14.1. The van der Waals surface area contributed by atoms with Gasteiger partial charge in [-0.2, -0.15) is 5.26 Å². The Bertz CT molecular complexity index is 636. The van der Waals surface area contributed by atoms with Gasteiger partial charge in [-0.05, 0) is 74.8 Å². The number of likely N-dealkylation sites (tertiary alicyclic amines) is 1. The van der Waals surface area contributed by atoms with E-state index in [1.54, 1.807) is 11.0 Å². The Morgan fingerprint density at radius 3 is 2.54 bits per heavy atom. The van der Waals surface area contributed by atoms with Crippen LogP contribution in [0.15, 0.2) is 18.2 Å². The van der Waals surface area contributed by atoms with Crippen LogP contribution >= 0.6 is 22.6 Å². The van der Waals surface area contributed by atoms with Gasteiger partial charge in [0.25, 0.3) is 0 Å². The van der Waals surface area contributed by atoms with Gasteiger partial charge in [0.1, 0.15) is 11.4 Å². The first-order chi connectivity index (χ1) is 11.2. The molecule has 0 aliphatic carbocycles. The summed E-state index contributed by atoms with van der Waals surface area (Å²) < 4.78 is 20.3. The smallest absolute Gasteiger partial charge is 0.410 e. The Kier molecular flexibility index (Phi) is 5.74. The standard InChI is InChI=1S/C18H22FIN2O2/c1-17(2,3)24-16(23)22-9-7-18(12-21,8-10-22)11-13-14(19)5-4-6-15(13)20/h4-6H,7-11H2,1-3H3. The zero-order valence-corrected chi connectivity index (χ0v) is 16.4. The largest absolute Gasteiger partial charge is 0.444 e. The van der Waals surface area contributed by atoms with E-state index in [2.05, 4.69) is 28.7 Å². The highest BCUT2D eigenvalue weighted by atomic mass is 127. The van der Waals surface area contributed by atoms with Crippen LogP contribution in [0.2, 0.25) is 0 Å². The molecule has 0 saturated carbocycles. The number of carbonyl (C=O) groups is 1. The van der Waals surface area contributed by atoms with Crippen molar-refractivity contribution in [1.82, 2.24) is 4.90 Å². The molecule has 24 heavy (non-hydrogen) atoms. The van der Waals surface area contributed by atoms with Crippen LogP contribution < -0.4 is 0 Å². The molecule has 130 valence electrons. The summed E-state index contributed by atoms with van der Waals surface area (Å²) >= 11 is 2.10. The summed E-state index contributed by atoms with van der Waals surface area (Å²) in [6, 6.07) is 7.33. The normalized spacial score (nSPS) is 17.2. The summed E-state index contributed by atoms with van der Waals surface area (Å²) in [5.74, 6) is -0.272. The Morgan fingerprint density at radius 2 is 2.04 bits per heavy atom. The number of nitriles is 1. The Balaban J connectivity index is 2.07. The lowest BCUT2D eigenvalue weighted by molar-refractivity contribution is 0.0148. The second-order valence-electron chi connectivity index (χ2n) is 7.24. The van der Waals surface area contributed by atoms with Gasteiger partial charge in [-0.1, -0.05) is 6.07 Å². The number of benzene rings is 1. The minimum Gasteiger partial charge on any atom is -0.444 e. The topological polar surface area (TPSA) is 53.3 Å². The quantitative estimate of drug-likeness (QED) is 0.631. The van der Waals surface area contributed by atoms with Crippen LogP contribution in [0.3, 0.4) is 0 Å². The first-order valence-corrected chi connectivity index (χ1v) is 9.06. The lowest BCUT2D eigenvalue weighted by Crippen LogP contribution is -2.45.